The fourth-order valence-corrected chi connectivity index (χ4v) is 3.77. The number of rotatable bonds is 7. The Bertz CT molecular complexity index is 504. The first-order chi connectivity index (χ1) is 11.7. The van der Waals surface area contributed by atoms with E-state index in [1.165, 1.54) is 43.8 Å². The summed E-state index contributed by atoms with van der Waals surface area (Å²) in [6, 6.07) is 8.52. The lowest BCUT2D eigenvalue weighted by atomic mass is 10.1. The van der Waals surface area contributed by atoms with Crippen molar-refractivity contribution < 1.29 is 0 Å². The van der Waals surface area contributed by atoms with Gasteiger partial charge < -0.3 is 15.5 Å². The number of nitrogens with zero attached hydrogens (tertiary/aromatic N) is 2. The second-order valence-electron chi connectivity index (χ2n) is 6.06. The van der Waals surface area contributed by atoms with Crippen molar-refractivity contribution in [1.29, 1.82) is 0 Å². The molecule has 1 saturated heterocycles. The molecule has 1 fully saturated rings. The van der Waals surface area contributed by atoms with Gasteiger partial charge in [-0.1, -0.05) is 18.5 Å². The zero-order chi connectivity index (χ0) is 17.2. The summed E-state index contributed by atoms with van der Waals surface area (Å²) in [4.78, 5) is 8.14. The van der Waals surface area contributed by atoms with Crippen LogP contribution in [0.5, 0.6) is 0 Å². The van der Waals surface area contributed by atoms with E-state index in [-0.39, 0.29) is 24.0 Å². The van der Waals surface area contributed by atoms with Crippen molar-refractivity contribution in [2.45, 2.75) is 37.1 Å². The van der Waals surface area contributed by atoms with Crippen molar-refractivity contribution in [2.75, 3.05) is 39.0 Å². The highest BCUT2D eigenvalue weighted by molar-refractivity contribution is 14.0. The molecule has 1 aliphatic rings. The minimum absolute atomic E-state index is 0. The molecular formula is C18H30ClIN4S. The number of benzene rings is 1. The highest BCUT2D eigenvalue weighted by Crippen LogP contribution is 2.19. The molecule has 142 valence electrons. The second-order valence-corrected chi connectivity index (χ2v) is 7.67. The van der Waals surface area contributed by atoms with E-state index in [4.69, 9.17) is 11.6 Å². The summed E-state index contributed by atoms with van der Waals surface area (Å²) in [5.74, 6) is 1.91. The summed E-state index contributed by atoms with van der Waals surface area (Å²) >= 11 is 7.73. The molecule has 1 heterocycles. The zero-order valence-corrected chi connectivity index (χ0v) is 19.0. The SMILES string of the molecule is CCCN1CCC(NC(=NC)NCCSc2ccc(Cl)cc2)CC1.I. The Labute approximate surface area is 178 Å². The lowest BCUT2D eigenvalue weighted by Gasteiger charge is -2.32. The molecule has 0 aromatic heterocycles. The molecule has 0 amide bonds. The topological polar surface area (TPSA) is 39.7 Å². The third-order valence-corrected chi connectivity index (χ3v) is 5.43. The summed E-state index contributed by atoms with van der Waals surface area (Å²) in [6.45, 7) is 6.74. The Balaban J connectivity index is 0.00000312. The molecule has 25 heavy (non-hydrogen) atoms. The fourth-order valence-electron chi connectivity index (χ4n) is 2.87. The molecular weight excluding hydrogens is 467 g/mol. The van der Waals surface area contributed by atoms with Crippen LogP contribution in [0, 0.1) is 0 Å². The lowest BCUT2D eigenvalue weighted by Crippen LogP contribution is -2.49. The predicted molar refractivity (Wildman–Crippen MR) is 122 cm³/mol. The fraction of sp³-hybridized carbons (Fsp3) is 0.611. The Morgan fingerprint density at radius 3 is 2.56 bits per heavy atom. The van der Waals surface area contributed by atoms with E-state index in [2.05, 4.69) is 39.6 Å². The van der Waals surface area contributed by atoms with Crippen LogP contribution in [0.1, 0.15) is 26.2 Å². The van der Waals surface area contributed by atoms with Gasteiger partial charge in [0.05, 0.1) is 0 Å². The number of hydrogen-bond donors (Lipinski definition) is 2. The second kappa shape index (κ2) is 13.1. The van der Waals surface area contributed by atoms with E-state index in [9.17, 15) is 0 Å². The van der Waals surface area contributed by atoms with Gasteiger partial charge in [0, 0.05) is 48.4 Å². The Kier molecular flexibility index (Phi) is 11.9. The maximum Gasteiger partial charge on any atom is 0.191 e. The average molecular weight is 497 g/mol. The lowest BCUT2D eigenvalue weighted by molar-refractivity contribution is 0.206. The van der Waals surface area contributed by atoms with Gasteiger partial charge in [-0.3, -0.25) is 4.99 Å². The van der Waals surface area contributed by atoms with Crippen LogP contribution < -0.4 is 10.6 Å². The van der Waals surface area contributed by atoms with Crippen LogP contribution in [0.2, 0.25) is 5.02 Å². The summed E-state index contributed by atoms with van der Waals surface area (Å²) in [5.41, 5.74) is 0. The standard InChI is InChI=1S/C18H29ClN4S.HI/c1-3-11-23-12-8-16(9-13-23)22-18(20-2)21-10-14-24-17-6-4-15(19)5-7-17;/h4-7,16H,3,8-14H2,1-2H3,(H2,20,21,22);1H. The number of piperidine rings is 1. The predicted octanol–water partition coefficient (Wildman–Crippen LogP) is 4.09. The van der Waals surface area contributed by atoms with Crippen LogP contribution in [0.25, 0.3) is 0 Å². The van der Waals surface area contributed by atoms with E-state index in [1.54, 1.807) is 0 Å². The maximum atomic E-state index is 5.90. The number of nitrogens with one attached hydrogen (secondary N) is 2. The molecule has 1 aromatic rings. The zero-order valence-electron chi connectivity index (χ0n) is 15.1. The van der Waals surface area contributed by atoms with Crippen LogP contribution in [-0.4, -0.2) is 55.9 Å². The molecule has 4 nitrogen and oxygen atoms in total. The number of hydrogen-bond acceptors (Lipinski definition) is 3. The molecule has 1 aromatic carbocycles. The van der Waals surface area contributed by atoms with Crippen LogP contribution in [0.15, 0.2) is 34.2 Å². The molecule has 0 unspecified atom stereocenters. The highest BCUT2D eigenvalue weighted by atomic mass is 127. The number of likely N-dealkylation sites (tertiary alicyclic amines) is 1. The van der Waals surface area contributed by atoms with Crippen molar-refractivity contribution in [3.8, 4) is 0 Å². The minimum Gasteiger partial charge on any atom is -0.356 e. The van der Waals surface area contributed by atoms with Gasteiger partial charge in [0.2, 0.25) is 0 Å². The smallest absolute Gasteiger partial charge is 0.191 e. The van der Waals surface area contributed by atoms with Crippen molar-refractivity contribution in [1.82, 2.24) is 15.5 Å². The summed E-state index contributed by atoms with van der Waals surface area (Å²) in [7, 11) is 1.84. The van der Waals surface area contributed by atoms with E-state index in [0.717, 1.165) is 23.3 Å². The van der Waals surface area contributed by atoms with Crippen LogP contribution in [0.3, 0.4) is 0 Å². The summed E-state index contributed by atoms with van der Waals surface area (Å²) < 4.78 is 0. The van der Waals surface area contributed by atoms with Gasteiger partial charge in [0.15, 0.2) is 5.96 Å². The van der Waals surface area contributed by atoms with Crippen LogP contribution in [0.4, 0.5) is 0 Å². The molecule has 0 saturated carbocycles. The molecule has 0 aliphatic carbocycles. The van der Waals surface area contributed by atoms with Gasteiger partial charge in [0.1, 0.15) is 0 Å². The van der Waals surface area contributed by atoms with Crippen LogP contribution >= 0.6 is 47.3 Å². The molecule has 2 N–H and O–H groups in total. The Hall–Kier alpha value is -0.180. The molecule has 2 rings (SSSR count). The molecule has 0 spiro atoms. The largest absolute Gasteiger partial charge is 0.356 e. The average Bonchev–Trinajstić information content (AvgIpc) is 2.61. The van der Waals surface area contributed by atoms with Crippen molar-refractivity contribution in [2.24, 2.45) is 4.99 Å². The monoisotopic (exact) mass is 496 g/mol. The summed E-state index contributed by atoms with van der Waals surface area (Å²) in [5, 5.41) is 7.76. The molecule has 0 atom stereocenters. The summed E-state index contributed by atoms with van der Waals surface area (Å²) in [6.07, 6.45) is 3.63. The van der Waals surface area contributed by atoms with E-state index >= 15 is 0 Å². The molecule has 1 aliphatic heterocycles. The van der Waals surface area contributed by atoms with Crippen molar-refractivity contribution in [3.05, 3.63) is 29.3 Å². The molecule has 7 heteroatoms. The van der Waals surface area contributed by atoms with Crippen LogP contribution in [-0.2, 0) is 0 Å². The van der Waals surface area contributed by atoms with E-state index in [1.807, 2.05) is 30.9 Å². The first-order valence-corrected chi connectivity index (χ1v) is 10.2. The Morgan fingerprint density at radius 2 is 1.96 bits per heavy atom. The number of guanidine groups is 1. The number of thioether (sulfide) groups is 1. The van der Waals surface area contributed by atoms with Gasteiger partial charge in [0.25, 0.3) is 0 Å². The van der Waals surface area contributed by atoms with Gasteiger partial charge >= 0.3 is 0 Å². The van der Waals surface area contributed by atoms with Crippen molar-refractivity contribution >= 4 is 53.3 Å². The molecule has 0 radical (unpaired) electrons. The quantitative estimate of drug-likeness (QED) is 0.196. The number of aliphatic imine (C=N–C) groups is 1. The highest BCUT2D eigenvalue weighted by Gasteiger charge is 2.19. The maximum absolute atomic E-state index is 5.90. The van der Waals surface area contributed by atoms with Gasteiger partial charge in [-0.2, -0.15) is 0 Å². The van der Waals surface area contributed by atoms with Gasteiger partial charge in [-0.15, -0.1) is 35.7 Å². The Morgan fingerprint density at radius 1 is 1.28 bits per heavy atom. The first kappa shape index (κ1) is 22.9. The first-order valence-electron chi connectivity index (χ1n) is 8.79. The van der Waals surface area contributed by atoms with Gasteiger partial charge in [-0.05, 0) is 50.1 Å². The minimum atomic E-state index is 0. The molecule has 0 bridgehead atoms. The third-order valence-electron chi connectivity index (χ3n) is 4.17. The van der Waals surface area contributed by atoms with Gasteiger partial charge in [-0.25, -0.2) is 0 Å². The van der Waals surface area contributed by atoms with Crippen molar-refractivity contribution in [3.63, 3.8) is 0 Å². The normalized spacial score (nSPS) is 16.4. The number of halogens is 2. The van der Waals surface area contributed by atoms with E-state index in [0.29, 0.717) is 6.04 Å². The third kappa shape index (κ3) is 8.84. The van der Waals surface area contributed by atoms with E-state index < -0.39 is 0 Å².